The van der Waals surface area contributed by atoms with Crippen LogP contribution < -0.4 is 10.2 Å². The third-order valence-corrected chi connectivity index (χ3v) is 5.39. The van der Waals surface area contributed by atoms with Gasteiger partial charge in [0.25, 0.3) is 0 Å². The van der Waals surface area contributed by atoms with Crippen LogP contribution in [0, 0.1) is 0 Å². The molecule has 0 radical (unpaired) electrons. The van der Waals surface area contributed by atoms with Gasteiger partial charge in [-0.3, -0.25) is 0 Å². The molecule has 0 atom stereocenters. The summed E-state index contributed by atoms with van der Waals surface area (Å²) in [4.78, 5) is 0. The lowest BCUT2D eigenvalue weighted by Crippen LogP contribution is -2.41. The highest BCUT2D eigenvalue weighted by Gasteiger charge is 2.52. The smallest absolute Gasteiger partial charge is 0.487 e. The summed E-state index contributed by atoms with van der Waals surface area (Å²) in [5.41, 5.74) is 1.17. The fraction of sp³-hybridized carbons (Fsp3) is 0.368. The van der Waals surface area contributed by atoms with Crippen molar-refractivity contribution in [1.29, 1.82) is 0 Å². The quantitative estimate of drug-likeness (QED) is 0.710. The molecule has 0 aliphatic carbocycles. The summed E-state index contributed by atoms with van der Waals surface area (Å²) < 4.78 is 18.2. The molecule has 3 nitrogen and oxygen atoms in total. The predicted octanol–water partition coefficient (Wildman–Crippen LogP) is 4.87. The molecule has 1 saturated heterocycles. The van der Waals surface area contributed by atoms with Gasteiger partial charge in [-0.15, -0.1) is 0 Å². The molecule has 0 N–H and O–H groups in total. The van der Waals surface area contributed by atoms with E-state index in [1.165, 1.54) is 0 Å². The molecular formula is C19H21BCl2O3. The maximum atomic E-state index is 6.17. The van der Waals surface area contributed by atoms with Gasteiger partial charge in [0.1, 0.15) is 12.4 Å². The first-order chi connectivity index (χ1) is 11.7. The standard InChI is InChI=1S/C19H21BCl2O3/c1-18(2)19(3,4)25-20(24-18)15-8-6-5-7-13(15)12-23-17-11-14(21)9-10-16(17)22/h5-11H,12H2,1-4H3. The van der Waals surface area contributed by atoms with Crippen LogP contribution in [0.4, 0.5) is 0 Å². The minimum atomic E-state index is -0.431. The lowest BCUT2D eigenvalue weighted by atomic mass is 9.76. The van der Waals surface area contributed by atoms with Crippen molar-refractivity contribution in [1.82, 2.24) is 0 Å². The van der Waals surface area contributed by atoms with Crippen molar-refractivity contribution in [2.24, 2.45) is 0 Å². The number of benzene rings is 2. The SMILES string of the molecule is CC1(C)OB(c2ccccc2COc2cc(Cl)ccc2Cl)OC1(C)C. The van der Waals surface area contributed by atoms with Gasteiger partial charge in [-0.1, -0.05) is 47.5 Å². The summed E-state index contributed by atoms with van der Waals surface area (Å²) in [6.45, 7) is 8.51. The number of ether oxygens (including phenoxy) is 1. The molecule has 0 unspecified atom stereocenters. The Labute approximate surface area is 159 Å². The second-order valence-corrected chi connectivity index (χ2v) is 7.99. The average Bonchev–Trinajstić information content (AvgIpc) is 2.76. The van der Waals surface area contributed by atoms with Crippen LogP contribution in [0.15, 0.2) is 42.5 Å². The van der Waals surface area contributed by atoms with E-state index in [2.05, 4.69) is 0 Å². The third kappa shape index (κ3) is 3.82. The molecule has 1 aliphatic heterocycles. The molecule has 0 saturated carbocycles. The molecule has 3 rings (SSSR count). The van der Waals surface area contributed by atoms with Gasteiger partial charge >= 0.3 is 7.12 Å². The van der Waals surface area contributed by atoms with E-state index in [0.29, 0.717) is 22.4 Å². The zero-order chi connectivity index (χ0) is 18.2. The van der Waals surface area contributed by atoms with E-state index in [-0.39, 0.29) is 11.2 Å². The van der Waals surface area contributed by atoms with Gasteiger partial charge in [0, 0.05) is 11.1 Å². The first kappa shape index (κ1) is 18.6. The molecule has 0 spiro atoms. The molecule has 132 valence electrons. The van der Waals surface area contributed by atoms with Crippen LogP contribution in [-0.2, 0) is 15.9 Å². The molecule has 1 heterocycles. The summed E-state index contributed by atoms with van der Waals surface area (Å²) in [6, 6.07) is 13.1. The second kappa shape index (κ2) is 6.84. The minimum absolute atomic E-state index is 0.348. The van der Waals surface area contributed by atoms with Gasteiger partial charge in [-0.2, -0.15) is 0 Å². The van der Waals surface area contributed by atoms with E-state index >= 15 is 0 Å². The van der Waals surface area contributed by atoms with Crippen LogP contribution in [0.1, 0.15) is 33.3 Å². The fourth-order valence-corrected chi connectivity index (χ4v) is 2.94. The van der Waals surface area contributed by atoms with Gasteiger partial charge in [0.15, 0.2) is 0 Å². The number of rotatable bonds is 4. The summed E-state index contributed by atoms with van der Waals surface area (Å²) in [5.74, 6) is 0.554. The maximum absolute atomic E-state index is 6.17. The van der Waals surface area contributed by atoms with Crippen LogP contribution >= 0.6 is 23.2 Å². The Morgan fingerprint density at radius 2 is 1.60 bits per heavy atom. The number of hydrogen-bond donors (Lipinski definition) is 0. The molecule has 1 fully saturated rings. The normalized spacial score (nSPS) is 18.4. The fourth-order valence-electron chi connectivity index (χ4n) is 2.61. The molecule has 6 heteroatoms. The van der Waals surface area contributed by atoms with Crippen molar-refractivity contribution in [3.63, 3.8) is 0 Å². The number of hydrogen-bond acceptors (Lipinski definition) is 3. The highest BCUT2D eigenvalue weighted by Crippen LogP contribution is 2.36. The summed E-state index contributed by atoms with van der Waals surface area (Å²) in [6.07, 6.45) is 0. The van der Waals surface area contributed by atoms with Gasteiger partial charge in [-0.25, -0.2) is 0 Å². The Kier molecular flexibility index (Phi) is 5.09. The Morgan fingerprint density at radius 3 is 2.28 bits per heavy atom. The molecule has 0 aromatic heterocycles. The van der Waals surface area contributed by atoms with E-state index in [9.17, 15) is 0 Å². The van der Waals surface area contributed by atoms with Gasteiger partial charge in [0.05, 0.1) is 16.2 Å². The van der Waals surface area contributed by atoms with E-state index in [1.54, 1.807) is 18.2 Å². The Morgan fingerprint density at radius 1 is 0.960 bits per heavy atom. The largest absolute Gasteiger partial charge is 0.495 e. The lowest BCUT2D eigenvalue weighted by molar-refractivity contribution is 0.00578. The van der Waals surface area contributed by atoms with Crippen LogP contribution in [0.25, 0.3) is 0 Å². The Hall–Kier alpha value is -1.20. The van der Waals surface area contributed by atoms with Gasteiger partial charge in [-0.05, 0) is 50.9 Å². The molecule has 0 bridgehead atoms. The van der Waals surface area contributed by atoms with E-state index < -0.39 is 7.12 Å². The topological polar surface area (TPSA) is 27.7 Å². The van der Waals surface area contributed by atoms with E-state index in [4.69, 9.17) is 37.2 Å². The molecule has 2 aromatic carbocycles. The summed E-state index contributed by atoms with van der Waals surface area (Å²) >= 11 is 12.2. The van der Waals surface area contributed by atoms with Crippen molar-refractivity contribution in [3.8, 4) is 5.75 Å². The molecule has 25 heavy (non-hydrogen) atoms. The zero-order valence-electron chi connectivity index (χ0n) is 14.8. The monoisotopic (exact) mass is 378 g/mol. The van der Waals surface area contributed by atoms with E-state index in [0.717, 1.165) is 11.0 Å². The van der Waals surface area contributed by atoms with Crippen molar-refractivity contribution >= 4 is 35.8 Å². The maximum Gasteiger partial charge on any atom is 0.495 e. The van der Waals surface area contributed by atoms with E-state index in [1.807, 2.05) is 52.0 Å². The van der Waals surface area contributed by atoms with Crippen molar-refractivity contribution < 1.29 is 14.0 Å². The van der Waals surface area contributed by atoms with Crippen LogP contribution in [0.3, 0.4) is 0 Å². The van der Waals surface area contributed by atoms with Crippen LogP contribution in [0.5, 0.6) is 5.75 Å². The second-order valence-electron chi connectivity index (χ2n) is 7.15. The zero-order valence-corrected chi connectivity index (χ0v) is 16.3. The third-order valence-electron chi connectivity index (χ3n) is 4.84. The van der Waals surface area contributed by atoms with Crippen molar-refractivity contribution in [3.05, 3.63) is 58.1 Å². The van der Waals surface area contributed by atoms with Crippen molar-refractivity contribution in [2.75, 3.05) is 0 Å². The van der Waals surface area contributed by atoms with Gasteiger partial charge < -0.3 is 14.0 Å². The average molecular weight is 379 g/mol. The first-order valence-corrected chi connectivity index (χ1v) is 8.96. The van der Waals surface area contributed by atoms with Gasteiger partial charge in [0.2, 0.25) is 0 Å². The highest BCUT2D eigenvalue weighted by molar-refractivity contribution is 6.62. The van der Waals surface area contributed by atoms with Crippen molar-refractivity contribution in [2.45, 2.75) is 45.5 Å². The minimum Gasteiger partial charge on any atom is -0.487 e. The highest BCUT2D eigenvalue weighted by atomic mass is 35.5. The molecule has 2 aromatic rings. The first-order valence-electron chi connectivity index (χ1n) is 8.21. The summed E-state index contributed by atoms with van der Waals surface area (Å²) in [5, 5.41) is 1.11. The van der Waals surface area contributed by atoms with Crippen LogP contribution in [0.2, 0.25) is 10.0 Å². The molecule has 1 aliphatic rings. The molecule has 0 amide bonds. The predicted molar refractivity (Wildman–Crippen MR) is 103 cm³/mol. The Balaban J connectivity index is 1.82. The Bertz CT molecular complexity index is 761. The van der Waals surface area contributed by atoms with Crippen LogP contribution in [-0.4, -0.2) is 18.3 Å². The molecular weight excluding hydrogens is 358 g/mol. The summed E-state index contributed by atoms with van der Waals surface area (Å²) in [7, 11) is -0.431. The number of halogens is 2. The lowest BCUT2D eigenvalue weighted by Gasteiger charge is -2.32.